The van der Waals surface area contributed by atoms with Crippen LogP contribution in [0.4, 0.5) is 0 Å². The SMILES string of the molecule is CC1C=CC(C)CC1.CC1CCC(C)c2ccccc21. The van der Waals surface area contributed by atoms with Gasteiger partial charge in [0, 0.05) is 0 Å². The van der Waals surface area contributed by atoms with Crippen LogP contribution in [-0.2, 0) is 0 Å². The smallest absolute Gasteiger partial charge is 0.0187 e. The zero-order valence-corrected chi connectivity index (χ0v) is 13.6. The van der Waals surface area contributed by atoms with Gasteiger partial charge in [-0.2, -0.15) is 0 Å². The van der Waals surface area contributed by atoms with Crippen LogP contribution in [0.25, 0.3) is 0 Å². The molecule has 0 radical (unpaired) electrons. The minimum Gasteiger partial charge on any atom is -0.0854 e. The Balaban J connectivity index is 0.000000160. The van der Waals surface area contributed by atoms with Crippen LogP contribution in [-0.4, -0.2) is 0 Å². The maximum atomic E-state index is 2.34. The van der Waals surface area contributed by atoms with Crippen LogP contribution >= 0.6 is 0 Å². The summed E-state index contributed by atoms with van der Waals surface area (Å²) in [4.78, 5) is 0. The molecule has 2 aliphatic carbocycles. The minimum atomic E-state index is 0.775. The van der Waals surface area contributed by atoms with E-state index >= 15 is 0 Å². The van der Waals surface area contributed by atoms with Crippen molar-refractivity contribution in [1.29, 1.82) is 0 Å². The van der Waals surface area contributed by atoms with E-state index in [2.05, 4.69) is 64.1 Å². The zero-order valence-electron chi connectivity index (χ0n) is 13.6. The van der Waals surface area contributed by atoms with Crippen molar-refractivity contribution in [1.82, 2.24) is 0 Å². The second-order valence-corrected chi connectivity index (χ2v) is 6.93. The van der Waals surface area contributed by atoms with Gasteiger partial charge in [-0.1, -0.05) is 64.1 Å². The molecule has 4 atom stereocenters. The summed E-state index contributed by atoms with van der Waals surface area (Å²) in [7, 11) is 0. The van der Waals surface area contributed by atoms with Gasteiger partial charge in [0.15, 0.2) is 0 Å². The molecule has 0 bridgehead atoms. The lowest BCUT2D eigenvalue weighted by Crippen LogP contribution is -2.09. The molecule has 0 heterocycles. The van der Waals surface area contributed by atoms with Gasteiger partial charge in [0.1, 0.15) is 0 Å². The monoisotopic (exact) mass is 270 g/mol. The summed E-state index contributed by atoms with van der Waals surface area (Å²) >= 11 is 0. The van der Waals surface area contributed by atoms with Crippen molar-refractivity contribution in [2.24, 2.45) is 11.8 Å². The van der Waals surface area contributed by atoms with Crippen molar-refractivity contribution in [2.45, 2.75) is 65.2 Å². The molecule has 0 aliphatic heterocycles. The molecule has 0 saturated heterocycles. The largest absolute Gasteiger partial charge is 0.0854 e. The average molecular weight is 270 g/mol. The molecule has 0 heteroatoms. The van der Waals surface area contributed by atoms with Crippen molar-refractivity contribution in [3.05, 3.63) is 47.5 Å². The highest BCUT2D eigenvalue weighted by atomic mass is 14.2. The minimum absolute atomic E-state index is 0.775. The number of benzene rings is 1. The molecule has 0 fully saturated rings. The molecule has 20 heavy (non-hydrogen) atoms. The van der Waals surface area contributed by atoms with Gasteiger partial charge in [-0.25, -0.2) is 0 Å². The van der Waals surface area contributed by atoms with E-state index in [1.807, 2.05) is 0 Å². The van der Waals surface area contributed by atoms with Gasteiger partial charge < -0.3 is 0 Å². The highest BCUT2D eigenvalue weighted by Gasteiger charge is 2.20. The van der Waals surface area contributed by atoms with E-state index in [0.717, 1.165) is 23.7 Å². The second-order valence-electron chi connectivity index (χ2n) is 6.93. The number of hydrogen-bond acceptors (Lipinski definition) is 0. The highest BCUT2D eigenvalue weighted by molar-refractivity contribution is 5.34. The third-order valence-electron chi connectivity index (χ3n) is 4.94. The molecule has 0 aromatic heterocycles. The molecule has 0 amide bonds. The van der Waals surface area contributed by atoms with Crippen molar-refractivity contribution < 1.29 is 0 Å². The van der Waals surface area contributed by atoms with E-state index < -0.39 is 0 Å². The summed E-state index contributed by atoms with van der Waals surface area (Å²) in [6.45, 7) is 9.24. The first-order chi connectivity index (χ1) is 9.58. The van der Waals surface area contributed by atoms with E-state index in [-0.39, 0.29) is 0 Å². The Labute approximate surface area is 125 Å². The van der Waals surface area contributed by atoms with Crippen LogP contribution in [0.3, 0.4) is 0 Å². The van der Waals surface area contributed by atoms with Crippen LogP contribution in [0.5, 0.6) is 0 Å². The topological polar surface area (TPSA) is 0 Å². The normalized spacial score (nSPS) is 32.0. The molecule has 0 saturated carbocycles. The van der Waals surface area contributed by atoms with E-state index in [9.17, 15) is 0 Å². The van der Waals surface area contributed by atoms with Crippen LogP contribution < -0.4 is 0 Å². The van der Waals surface area contributed by atoms with Crippen molar-refractivity contribution in [3.8, 4) is 0 Å². The average Bonchev–Trinajstić information content (AvgIpc) is 2.47. The van der Waals surface area contributed by atoms with E-state index in [1.54, 1.807) is 11.1 Å². The van der Waals surface area contributed by atoms with Crippen molar-refractivity contribution in [3.63, 3.8) is 0 Å². The van der Waals surface area contributed by atoms with Gasteiger partial charge in [0.25, 0.3) is 0 Å². The van der Waals surface area contributed by atoms with Gasteiger partial charge in [-0.15, -0.1) is 0 Å². The number of rotatable bonds is 0. The molecule has 4 unspecified atom stereocenters. The van der Waals surface area contributed by atoms with Crippen LogP contribution in [0.1, 0.15) is 76.3 Å². The molecule has 0 N–H and O–H groups in total. The van der Waals surface area contributed by atoms with Crippen molar-refractivity contribution in [2.75, 3.05) is 0 Å². The number of allylic oxidation sites excluding steroid dienone is 2. The summed E-state index contributed by atoms with van der Waals surface area (Å²) in [5, 5.41) is 0. The maximum Gasteiger partial charge on any atom is -0.0187 e. The van der Waals surface area contributed by atoms with Crippen molar-refractivity contribution >= 4 is 0 Å². The summed E-state index contributed by atoms with van der Waals surface area (Å²) in [5.74, 6) is 3.23. The summed E-state index contributed by atoms with van der Waals surface area (Å²) in [6.07, 6.45) is 10.1. The molecule has 3 rings (SSSR count). The zero-order chi connectivity index (χ0) is 14.5. The van der Waals surface area contributed by atoms with Gasteiger partial charge in [0.2, 0.25) is 0 Å². The molecule has 110 valence electrons. The van der Waals surface area contributed by atoms with Gasteiger partial charge in [-0.3, -0.25) is 0 Å². The Hall–Kier alpha value is -1.04. The standard InChI is InChI=1S/C12H16.C8H14/c1-9-7-8-10(2)12-6-4-3-5-11(9)12;1-7-3-5-8(2)6-4-7/h3-6,9-10H,7-8H2,1-2H3;3,5,7-8H,4,6H2,1-2H3. The molecule has 2 aliphatic rings. The van der Waals surface area contributed by atoms with Crippen LogP contribution in [0.15, 0.2) is 36.4 Å². The summed E-state index contributed by atoms with van der Waals surface area (Å²) < 4.78 is 0. The first-order valence-corrected chi connectivity index (χ1v) is 8.35. The fourth-order valence-electron chi connectivity index (χ4n) is 3.32. The molecular weight excluding hydrogens is 240 g/mol. The van der Waals surface area contributed by atoms with E-state index in [1.165, 1.54) is 25.7 Å². The summed E-state index contributed by atoms with van der Waals surface area (Å²) in [6, 6.07) is 8.89. The molecule has 0 spiro atoms. The summed E-state index contributed by atoms with van der Waals surface area (Å²) in [5.41, 5.74) is 3.16. The predicted molar refractivity (Wildman–Crippen MR) is 89.2 cm³/mol. The Kier molecular flexibility index (Phi) is 5.46. The van der Waals surface area contributed by atoms with Gasteiger partial charge in [-0.05, 0) is 60.5 Å². The lowest BCUT2D eigenvalue weighted by Gasteiger charge is -2.27. The molecule has 1 aromatic carbocycles. The number of fused-ring (bicyclic) bond motifs is 1. The van der Waals surface area contributed by atoms with Crippen LogP contribution in [0.2, 0.25) is 0 Å². The maximum absolute atomic E-state index is 2.34. The van der Waals surface area contributed by atoms with Crippen LogP contribution in [0, 0.1) is 11.8 Å². The van der Waals surface area contributed by atoms with Gasteiger partial charge >= 0.3 is 0 Å². The third kappa shape index (κ3) is 3.98. The fraction of sp³-hybridized carbons (Fsp3) is 0.600. The molecular formula is C20H30. The Morgan fingerprint density at radius 3 is 1.40 bits per heavy atom. The second kappa shape index (κ2) is 7.11. The quantitative estimate of drug-likeness (QED) is 0.485. The number of hydrogen-bond donors (Lipinski definition) is 0. The predicted octanol–water partition coefficient (Wildman–Crippen LogP) is 6.30. The lowest BCUT2D eigenvalue weighted by molar-refractivity contribution is 0.502. The Bertz CT molecular complexity index is 402. The highest BCUT2D eigenvalue weighted by Crippen LogP contribution is 2.37. The fourth-order valence-corrected chi connectivity index (χ4v) is 3.32. The molecule has 1 aromatic rings. The van der Waals surface area contributed by atoms with Gasteiger partial charge in [0.05, 0.1) is 0 Å². The van der Waals surface area contributed by atoms with E-state index in [4.69, 9.17) is 0 Å². The Morgan fingerprint density at radius 2 is 1.05 bits per heavy atom. The molecule has 0 nitrogen and oxygen atoms in total. The Morgan fingerprint density at radius 1 is 0.650 bits per heavy atom. The first-order valence-electron chi connectivity index (χ1n) is 8.35. The van der Waals surface area contributed by atoms with E-state index in [0.29, 0.717) is 0 Å². The third-order valence-corrected chi connectivity index (χ3v) is 4.94. The lowest BCUT2D eigenvalue weighted by atomic mass is 9.78. The first kappa shape index (κ1) is 15.4.